The van der Waals surface area contributed by atoms with Gasteiger partial charge in [-0.05, 0) is 42.8 Å². The minimum absolute atomic E-state index is 0.152. The molecule has 0 spiro atoms. The Morgan fingerprint density at radius 2 is 1.73 bits per heavy atom. The highest BCUT2D eigenvalue weighted by Crippen LogP contribution is 2.26. The molecule has 6 nitrogen and oxygen atoms in total. The van der Waals surface area contributed by atoms with Gasteiger partial charge in [0.2, 0.25) is 11.8 Å². The largest absolute Gasteiger partial charge is 0.457 e. The van der Waals surface area contributed by atoms with Crippen molar-refractivity contribution >= 4 is 23.4 Å². The second-order valence-corrected chi connectivity index (χ2v) is 7.39. The van der Waals surface area contributed by atoms with Crippen LogP contribution >= 0.6 is 11.8 Å². The second kappa shape index (κ2) is 9.28. The predicted octanol–water partition coefficient (Wildman–Crippen LogP) is 5.57. The molecule has 0 bridgehead atoms. The van der Waals surface area contributed by atoms with Crippen LogP contribution < -0.4 is 10.1 Å². The summed E-state index contributed by atoms with van der Waals surface area (Å²) in [6.45, 7) is 1.98. The topological polar surface area (TPSA) is 77.2 Å². The summed E-state index contributed by atoms with van der Waals surface area (Å²) in [6.07, 6.45) is 0. The van der Waals surface area contributed by atoms with Crippen LogP contribution in [0.1, 0.15) is 5.56 Å². The van der Waals surface area contributed by atoms with Crippen molar-refractivity contribution in [3.05, 3.63) is 84.4 Å². The molecule has 30 heavy (non-hydrogen) atoms. The lowest BCUT2D eigenvalue weighted by atomic mass is 10.1. The number of thioether (sulfide) groups is 1. The van der Waals surface area contributed by atoms with Gasteiger partial charge in [-0.25, -0.2) is 0 Å². The molecule has 0 saturated carbocycles. The van der Waals surface area contributed by atoms with E-state index in [1.54, 1.807) is 6.07 Å². The van der Waals surface area contributed by atoms with E-state index in [0.29, 0.717) is 22.6 Å². The maximum absolute atomic E-state index is 12.3. The van der Waals surface area contributed by atoms with Crippen LogP contribution in [-0.2, 0) is 4.79 Å². The van der Waals surface area contributed by atoms with Gasteiger partial charge in [0.25, 0.3) is 5.22 Å². The fourth-order valence-electron chi connectivity index (χ4n) is 2.78. The molecule has 0 aliphatic heterocycles. The Kier molecular flexibility index (Phi) is 6.10. The fourth-order valence-corrected chi connectivity index (χ4v) is 3.34. The van der Waals surface area contributed by atoms with Gasteiger partial charge >= 0.3 is 0 Å². The van der Waals surface area contributed by atoms with E-state index in [2.05, 4.69) is 15.5 Å². The van der Waals surface area contributed by atoms with Crippen LogP contribution in [0, 0.1) is 6.92 Å². The maximum atomic E-state index is 12.3. The van der Waals surface area contributed by atoms with Crippen LogP contribution in [0.5, 0.6) is 11.5 Å². The Hall–Kier alpha value is -3.58. The molecule has 1 aromatic heterocycles. The summed E-state index contributed by atoms with van der Waals surface area (Å²) in [5.74, 6) is 1.80. The molecule has 0 fully saturated rings. The molecule has 0 aliphatic carbocycles. The zero-order chi connectivity index (χ0) is 20.8. The molecule has 4 rings (SSSR count). The minimum atomic E-state index is -0.174. The number of para-hydroxylation sites is 1. The van der Waals surface area contributed by atoms with E-state index in [4.69, 9.17) is 9.15 Å². The van der Waals surface area contributed by atoms with Crippen LogP contribution in [0.15, 0.2) is 88.5 Å². The molecular formula is C23H19N3O3S. The predicted molar refractivity (Wildman–Crippen MR) is 117 cm³/mol. The van der Waals surface area contributed by atoms with Gasteiger partial charge in [0.15, 0.2) is 0 Å². The Labute approximate surface area is 178 Å². The van der Waals surface area contributed by atoms with E-state index < -0.39 is 0 Å². The van der Waals surface area contributed by atoms with Crippen molar-refractivity contribution in [1.29, 1.82) is 0 Å². The monoisotopic (exact) mass is 417 g/mol. The van der Waals surface area contributed by atoms with Crippen LogP contribution in [-0.4, -0.2) is 21.9 Å². The number of anilines is 1. The number of nitrogens with zero attached hydrogens (tertiary/aromatic N) is 2. The number of nitrogens with one attached hydrogen (secondary N) is 1. The number of ether oxygens (including phenoxy) is 1. The third kappa shape index (κ3) is 5.07. The number of carbonyl (C=O) groups is 1. The van der Waals surface area contributed by atoms with Gasteiger partial charge in [0.05, 0.1) is 5.75 Å². The van der Waals surface area contributed by atoms with Gasteiger partial charge in [0, 0.05) is 17.3 Å². The van der Waals surface area contributed by atoms with E-state index in [-0.39, 0.29) is 11.7 Å². The Morgan fingerprint density at radius 3 is 2.57 bits per heavy atom. The van der Waals surface area contributed by atoms with E-state index in [1.807, 2.05) is 79.7 Å². The number of amides is 1. The maximum Gasteiger partial charge on any atom is 0.277 e. The molecule has 1 N–H and O–H groups in total. The van der Waals surface area contributed by atoms with Crippen molar-refractivity contribution in [2.45, 2.75) is 12.1 Å². The highest BCUT2D eigenvalue weighted by atomic mass is 32.2. The number of hydrogen-bond donors (Lipinski definition) is 1. The molecule has 7 heteroatoms. The molecular weight excluding hydrogens is 398 g/mol. The summed E-state index contributed by atoms with van der Waals surface area (Å²) in [5, 5.41) is 11.3. The number of carbonyl (C=O) groups excluding carboxylic acids is 1. The third-order valence-corrected chi connectivity index (χ3v) is 5.02. The fraction of sp³-hybridized carbons (Fsp3) is 0.0870. The number of aryl methyl sites for hydroxylation is 1. The summed E-state index contributed by atoms with van der Waals surface area (Å²) < 4.78 is 11.5. The quantitative estimate of drug-likeness (QED) is 0.396. The van der Waals surface area contributed by atoms with Gasteiger partial charge in [-0.15, -0.1) is 10.2 Å². The first-order valence-corrected chi connectivity index (χ1v) is 10.3. The van der Waals surface area contributed by atoms with Crippen LogP contribution in [0.4, 0.5) is 5.69 Å². The smallest absolute Gasteiger partial charge is 0.277 e. The first-order chi connectivity index (χ1) is 14.7. The van der Waals surface area contributed by atoms with Crippen molar-refractivity contribution in [2.24, 2.45) is 0 Å². The highest BCUT2D eigenvalue weighted by molar-refractivity contribution is 7.99. The van der Waals surface area contributed by atoms with Crippen molar-refractivity contribution < 1.29 is 13.9 Å². The molecule has 1 amide bonds. The standard InChI is InChI=1S/C23H19N3O3S/c1-16-8-5-6-13-20(16)22-25-26-23(29-22)30-15-21(27)24-17-9-7-12-19(14-17)28-18-10-3-2-4-11-18/h2-14H,15H2,1H3,(H,24,27). The number of benzene rings is 3. The molecule has 0 saturated heterocycles. The molecule has 1 heterocycles. The lowest BCUT2D eigenvalue weighted by molar-refractivity contribution is -0.113. The van der Waals surface area contributed by atoms with Crippen LogP contribution in [0.2, 0.25) is 0 Å². The normalized spacial score (nSPS) is 10.6. The Balaban J connectivity index is 1.33. The SMILES string of the molecule is Cc1ccccc1-c1nnc(SCC(=O)Nc2cccc(Oc3ccccc3)c2)o1. The molecule has 0 aliphatic rings. The van der Waals surface area contributed by atoms with Crippen molar-refractivity contribution in [1.82, 2.24) is 10.2 Å². The van der Waals surface area contributed by atoms with Crippen molar-refractivity contribution in [3.8, 4) is 23.0 Å². The van der Waals surface area contributed by atoms with Gasteiger partial charge in [-0.1, -0.05) is 54.2 Å². The van der Waals surface area contributed by atoms with E-state index in [1.165, 1.54) is 11.8 Å². The highest BCUT2D eigenvalue weighted by Gasteiger charge is 2.13. The number of hydrogen-bond acceptors (Lipinski definition) is 6. The zero-order valence-corrected chi connectivity index (χ0v) is 17.1. The summed E-state index contributed by atoms with van der Waals surface area (Å²) in [7, 11) is 0. The first kappa shape index (κ1) is 19.7. The van der Waals surface area contributed by atoms with Gasteiger partial charge < -0.3 is 14.5 Å². The van der Waals surface area contributed by atoms with E-state index in [9.17, 15) is 4.79 Å². The molecule has 0 atom stereocenters. The van der Waals surface area contributed by atoms with Crippen LogP contribution in [0.25, 0.3) is 11.5 Å². The average molecular weight is 417 g/mol. The Morgan fingerprint density at radius 1 is 0.967 bits per heavy atom. The van der Waals surface area contributed by atoms with Crippen molar-refractivity contribution in [2.75, 3.05) is 11.1 Å². The summed E-state index contributed by atoms with van der Waals surface area (Å²) in [5.41, 5.74) is 2.59. The van der Waals surface area contributed by atoms with Crippen molar-refractivity contribution in [3.63, 3.8) is 0 Å². The molecule has 150 valence electrons. The summed E-state index contributed by atoms with van der Waals surface area (Å²) >= 11 is 1.19. The molecule has 3 aromatic carbocycles. The molecule has 0 radical (unpaired) electrons. The summed E-state index contributed by atoms with van der Waals surface area (Å²) in [4.78, 5) is 12.3. The third-order valence-electron chi connectivity index (χ3n) is 4.21. The zero-order valence-electron chi connectivity index (χ0n) is 16.2. The van der Waals surface area contributed by atoms with Gasteiger partial charge in [0.1, 0.15) is 11.5 Å². The lowest BCUT2D eigenvalue weighted by Gasteiger charge is -2.08. The second-order valence-electron chi connectivity index (χ2n) is 6.47. The summed E-state index contributed by atoms with van der Waals surface area (Å²) in [6, 6.07) is 24.5. The van der Waals surface area contributed by atoms with Crippen LogP contribution in [0.3, 0.4) is 0 Å². The van der Waals surface area contributed by atoms with Gasteiger partial charge in [-0.2, -0.15) is 0 Å². The first-order valence-electron chi connectivity index (χ1n) is 9.32. The number of rotatable bonds is 7. The number of aromatic nitrogens is 2. The molecule has 4 aromatic rings. The van der Waals surface area contributed by atoms with E-state index >= 15 is 0 Å². The molecule has 0 unspecified atom stereocenters. The lowest BCUT2D eigenvalue weighted by Crippen LogP contribution is -2.13. The minimum Gasteiger partial charge on any atom is -0.457 e. The average Bonchev–Trinajstić information content (AvgIpc) is 3.22. The van der Waals surface area contributed by atoms with Gasteiger partial charge in [-0.3, -0.25) is 4.79 Å². The Bertz CT molecular complexity index is 1150. The van der Waals surface area contributed by atoms with E-state index in [0.717, 1.165) is 16.9 Å².